The molecule has 7 heteroatoms. The van der Waals surface area contributed by atoms with Crippen molar-refractivity contribution in [1.29, 1.82) is 0 Å². The van der Waals surface area contributed by atoms with E-state index in [1.165, 1.54) is 25.6 Å². The number of carbonyl (C=O) groups is 1. The first kappa shape index (κ1) is 15.2. The maximum Gasteiger partial charge on any atom is 0.330 e. The number of hydrogen-bond donors (Lipinski definition) is 0. The smallest absolute Gasteiger partial charge is 0.330 e. The fourth-order valence-corrected chi connectivity index (χ4v) is 3.53. The summed E-state index contributed by atoms with van der Waals surface area (Å²) in [5.41, 5.74) is 0. The highest BCUT2D eigenvalue weighted by Crippen LogP contribution is 2.29. The summed E-state index contributed by atoms with van der Waals surface area (Å²) in [6.07, 6.45) is 12.5. The van der Waals surface area contributed by atoms with Gasteiger partial charge >= 0.3 is 5.97 Å². The van der Waals surface area contributed by atoms with E-state index in [-0.39, 0.29) is 5.82 Å². The van der Waals surface area contributed by atoms with E-state index in [1.807, 2.05) is 6.08 Å². The molecule has 6 nitrogen and oxygen atoms in total. The maximum absolute atomic E-state index is 12.8. The molecule has 1 aliphatic carbocycles. The number of nitrogens with zero attached hydrogens (tertiary/aromatic N) is 2. The van der Waals surface area contributed by atoms with Gasteiger partial charge in [0.2, 0.25) is 10.0 Å². The van der Waals surface area contributed by atoms with Crippen molar-refractivity contribution in [3.63, 3.8) is 0 Å². The molecule has 0 radical (unpaired) electrons. The lowest BCUT2D eigenvalue weighted by Gasteiger charge is -2.27. The molecule has 1 aromatic rings. The molecule has 21 heavy (non-hydrogen) atoms. The quantitative estimate of drug-likeness (QED) is 0.622. The molecule has 0 saturated heterocycles. The van der Waals surface area contributed by atoms with Crippen LogP contribution >= 0.6 is 0 Å². The molecule has 0 bridgehead atoms. The highest BCUT2D eigenvalue weighted by molar-refractivity contribution is 7.91. The van der Waals surface area contributed by atoms with E-state index in [0.717, 1.165) is 10.0 Å². The van der Waals surface area contributed by atoms with Crippen LogP contribution in [0.25, 0.3) is 6.08 Å². The standard InChI is InChI=1S/C14H16N2O4S/c1-14(8-4-3-5-9-14)21(18,19)16-11-10-15-12(16)6-7-13(17)20-2/h3-8,10-11H,9H2,1-2H3. The molecule has 2 rings (SSSR count). The number of hydrogen-bond acceptors (Lipinski definition) is 5. The summed E-state index contributed by atoms with van der Waals surface area (Å²) in [5, 5.41) is 0. The summed E-state index contributed by atoms with van der Waals surface area (Å²) >= 11 is 0. The average Bonchev–Trinajstić information content (AvgIpc) is 2.94. The van der Waals surface area contributed by atoms with Gasteiger partial charge in [-0.05, 0) is 19.4 Å². The lowest BCUT2D eigenvalue weighted by atomic mass is 10.0. The molecule has 1 atom stereocenters. The first-order valence-electron chi connectivity index (χ1n) is 6.29. The Hall–Kier alpha value is -2.15. The lowest BCUT2D eigenvalue weighted by Crippen LogP contribution is -2.38. The Bertz CT molecular complexity index is 728. The van der Waals surface area contributed by atoms with Gasteiger partial charge < -0.3 is 4.74 Å². The molecule has 1 heterocycles. The second-order valence-electron chi connectivity index (χ2n) is 4.75. The minimum absolute atomic E-state index is 0.157. The van der Waals surface area contributed by atoms with Crippen molar-refractivity contribution in [2.75, 3.05) is 7.11 Å². The van der Waals surface area contributed by atoms with E-state index in [9.17, 15) is 13.2 Å². The van der Waals surface area contributed by atoms with E-state index >= 15 is 0 Å². The normalized spacial score (nSPS) is 21.8. The molecule has 0 N–H and O–H groups in total. The van der Waals surface area contributed by atoms with Crippen LogP contribution in [-0.2, 0) is 19.6 Å². The Balaban J connectivity index is 2.41. The predicted molar refractivity (Wildman–Crippen MR) is 78.9 cm³/mol. The molecule has 1 aromatic heterocycles. The van der Waals surface area contributed by atoms with Crippen LogP contribution in [0.3, 0.4) is 0 Å². The molecule has 112 valence electrons. The summed E-state index contributed by atoms with van der Waals surface area (Å²) in [4.78, 5) is 15.1. The molecule has 1 unspecified atom stereocenters. The second-order valence-corrected chi connectivity index (χ2v) is 7.02. The Morgan fingerprint density at radius 2 is 2.24 bits per heavy atom. The van der Waals surface area contributed by atoms with Crippen LogP contribution in [0.15, 0.2) is 42.8 Å². The van der Waals surface area contributed by atoms with Crippen molar-refractivity contribution < 1.29 is 17.9 Å². The van der Waals surface area contributed by atoms with Gasteiger partial charge in [0.1, 0.15) is 10.6 Å². The topological polar surface area (TPSA) is 78.3 Å². The number of allylic oxidation sites excluding steroid dienone is 3. The molecular formula is C14H16N2O4S. The van der Waals surface area contributed by atoms with E-state index in [2.05, 4.69) is 9.72 Å². The van der Waals surface area contributed by atoms with Crippen molar-refractivity contribution in [3.8, 4) is 0 Å². The van der Waals surface area contributed by atoms with E-state index in [0.29, 0.717) is 6.42 Å². The van der Waals surface area contributed by atoms with Gasteiger partial charge in [0.05, 0.1) is 7.11 Å². The summed E-state index contributed by atoms with van der Waals surface area (Å²) < 4.78 is 30.1. The minimum Gasteiger partial charge on any atom is -0.466 e. The maximum atomic E-state index is 12.8. The van der Waals surface area contributed by atoms with Gasteiger partial charge in [-0.2, -0.15) is 0 Å². The van der Waals surface area contributed by atoms with E-state index in [1.54, 1.807) is 25.2 Å². The molecule has 0 aliphatic heterocycles. The van der Waals surface area contributed by atoms with E-state index < -0.39 is 20.7 Å². The summed E-state index contributed by atoms with van der Waals surface area (Å²) in [7, 11) is -2.44. The Labute approximate surface area is 123 Å². The van der Waals surface area contributed by atoms with Crippen LogP contribution < -0.4 is 0 Å². The third-order valence-electron chi connectivity index (χ3n) is 3.27. The van der Waals surface area contributed by atoms with Crippen molar-refractivity contribution in [1.82, 2.24) is 8.96 Å². The predicted octanol–water partition coefficient (Wildman–Crippen LogP) is 1.52. The van der Waals surface area contributed by atoms with Crippen molar-refractivity contribution in [2.45, 2.75) is 18.1 Å². The Kier molecular flexibility index (Phi) is 4.13. The number of aromatic nitrogens is 2. The van der Waals surface area contributed by atoms with Crippen LogP contribution in [0.4, 0.5) is 0 Å². The van der Waals surface area contributed by atoms with Gasteiger partial charge in [0.25, 0.3) is 0 Å². The van der Waals surface area contributed by atoms with Gasteiger partial charge in [-0.15, -0.1) is 0 Å². The Morgan fingerprint density at radius 3 is 2.86 bits per heavy atom. The highest BCUT2D eigenvalue weighted by atomic mass is 32.2. The zero-order valence-corrected chi connectivity index (χ0v) is 12.6. The van der Waals surface area contributed by atoms with Gasteiger partial charge in [0, 0.05) is 18.5 Å². The highest BCUT2D eigenvalue weighted by Gasteiger charge is 2.38. The van der Waals surface area contributed by atoms with Gasteiger partial charge in [0.15, 0.2) is 0 Å². The average molecular weight is 308 g/mol. The minimum atomic E-state index is -3.69. The number of ether oxygens (including phenoxy) is 1. The third-order valence-corrected chi connectivity index (χ3v) is 5.58. The molecular weight excluding hydrogens is 292 g/mol. The molecule has 1 aliphatic rings. The van der Waals surface area contributed by atoms with Gasteiger partial charge in [-0.3, -0.25) is 0 Å². The summed E-state index contributed by atoms with van der Waals surface area (Å²) in [5.74, 6) is -0.418. The summed E-state index contributed by atoms with van der Waals surface area (Å²) in [6.45, 7) is 1.65. The van der Waals surface area contributed by atoms with Crippen LogP contribution in [0.1, 0.15) is 19.2 Å². The molecule has 0 spiro atoms. The van der Waals surface area contributed by atoms with Crippen LogP contribution in [-0.4, -0.2) is 35.2 Å². The monoisotopic (exact) mass is 308 g/mol. The number of methoxy groups -OCH3 is 1. The first-order valence-corrected chi connectivity index (χ1v) is 7.73. The zero-order chi connectivity index (χ0) is 15.5. The van der Waals surface area contributed by atoms with Crippen molar-refractivity contribution in [2.24, 2.45) is 0 Å². The third kappa shape index (κ3) is 2.82. The van der Waals surface area contributed by atoms with Crippen molar-refractivity contribution in [3.05, 3.63) is 48.6 Å². The Morgan fingerprint density at radius 1 is 1.48 bits per heavy atom. The number of carbonyl (C=O) groups excluding carboxylic acids is 1. The van der Waals surface area contributed by atoms with E-state index in [4.69, 9.17) is 0 Å². The molecule has 0 aromatic carbocycles. The largest absolute Gasteiger partial charge is 0.466 e. The SMILES string of the molecule is COC(=O)C=Cc1nccn1S(=O)(=O)C1(C)C=CC=CC1. The molecule has 0 saturated carbocycles. The van der Waals surface area contributed by atoms with Crippen LogP contribution in [0.2, 0.25) is 0 Å². The molecule has 0 amide bonds. The van der Waals surface area contributed by atoms with Gasteiger partial charge in [-0.25, -0.2) is 22.2 Å². The van der Waals surface area contributed by atoms with Crippen LogP contribution in [0, 0.1) is 0 Å². The number of rotatable bonds is 4. The molecule has 0 fully saturated rings. The second kappa shape index (κ2) is 5.69. The number of imidazole rings is 1. The fourth-order valence-electron chi connectivity index (χ4n) is 1.96. The van der Waals surface area contributed by atoms with Gasteiger partial charge in [-0.1, -0.05) is 24.3 Å². The van der Waals surface area contributed by atoms with Crippen molar-refractivity contribution >= 4 is 22.1 Å². The fraction of sp³-hybridized carbons (Fsp3) is 0.286. The first-order chi connectivity index (χ1) is 9.90. The lowest BCUT2D eigenvalue weighted by molar-refractivity contribution is -0.134. The summed E-state index contributed by atoms with van der Waals surface area (Å²) in [6, 6.07) is 0. The van der Waals surface area contributed by atoms with Crippen LogP contribution in [0.5, 0.6) is 0 Å². The zero-order valence-electron chi connectivity index (χ0n) is 11.8. The number of esters is 1.